The van der Waals surface area contributed by atoms with Gasteiger partial charge < -0.3 is 15.6 Å². The van der Waals surface area contributed by atoms with Crippen LogP contribution in [0.25, 0.3) is 0 Å². The highest BCUT2D eigenvalue weighted by Gasteiger charge is 2.16. The van der Waals surface area contributed by atoms with Gasteiger partial charge >= 0.3 is 0 Å². The number of aliphatic hydroxyl groups is 1. The molecule has 1 unspecified atom stereocenters. The van der Waals surface area contributed by atoms with Crippen LogP contribution in [-0.4, -0.2) is 18.3 Å². The maximum Gasteiger partial charge on any atom is 0.128 e. The predicted molar refractivity (Wildman–Crippen MR) is 51.6 cm³/mol. The van der Waals surface area contributed by atoms with Crippen LogP contribution in [0.1, 0.15) is 18.5 Å². The molecule has 14 heavy (non-hydrogen) atoms. The molecule has 0 saturated heterocycles. The van der Waals surface area contributed by atoms with Crippen molar-refractivity contribution in [3.05, 3.63) is 29.6 Å². The van der Waals surface area contributed by atoms with Crippen molar-refractivity contribution in [3.8, 4) is 5.75 Å². The number of aliphatic hydroxyl groups excluding tert-OH is 1. The molecule has 0 aliphatic carbocycles. The highest BCUT2D eigenvalue weighted by atomic mass is 19.1. The highest BCUT2D eigenvalue weighted by Crippen LogP contribution is 2.22. The third-order valence-corrected chi connectivity index (χ3v) is 2.08. The summed E-state index contributed by atoms with van der Waals surface area (Å²) in [5.74, 6) is 0.0942. The van der Waals surface area contributed by atoms with Crippen molar-refractivity contribution in [2.45, 2.75) is 19.1 Å². The second-order valence-electron chi connectivity index (χ2n) is 3.15. The largest absolute Gasteiger partial charge is 0.497 e. The van der Waals surface area contributed by atoms with Crippen molar-refractivity contribution in [1.29, 1.82) is 0 Å². The Balaban J connectivity index is 3.05. The summed E-state index contributed by atoms with van der Waals surface area (Å²) in [6, 6.07) is 3.54. The van der Waals surface area contributed by atoms with Crippen LogP contribution in [0.3, 0.4) is 0 Å². The van der Waals surface area contributed by atoms with E-state index in [0.29, 0.717) is 5.75 Å². The molecular weight excluding hydrogens is 185 g/mol. The highest BCUT2D eigenvalue weighted by molar-refractivity contribution is 5.32. The van der Waals surface area contributed by atoms with Crippen LogP contribution < -0.4 is 10.5 Å². The fourth-order valence-corrected chi connectivity index (χ4v) is 1.16. The van der Waals surface area contributed by atoms with Gasteiger partial charge in [-0.25, -0.2) is 4.39 Å². The minimum Gasteiger partial charge on any atom is -0.497 e. The van der Waals surface area contributed by atoms with Crippen LogP contribution in [-0.2, 0) is 0 Å². The van der Waals surface area contributed by atoms with E-state index in [2.05, 4.69) is 0 Å². The van der Waals surface area contributed by atoms with E-state index in [4.69, 9.17) is 10.5 Å². The smallest absolute Gasteiger partial charge is 0.128 e. The number of halogens is 1. The topological polar surface area (TPSA) is 55.5 Å². The Morgan fingerprint density at radius 3 is 2.64 bits per heavy atom. The number of rotatable bonds is 3. The minimum absolute atomic E-state index is 0.263. The summed E-state index contributed by atoms with van der Waals surface area (Å²) >= 11 is 0. The van der Waals surface area contributed by atoms with Gasteiger partial charge in [0.25, 0.3) is 0 Å². The van der Waals surface area contributed by atoms with Gasteiger partial charge in [0.2, 0.25) is 0 Å². The lowest BCUT2D eigenvalue weighted by atomic mass is 10.0. The average molecular weight is 199 g/mol. The van der Waals surface area contributed by atoms with Crippen molar-refractivity contribution >= 4 is 0 Å². The molecule has 0 aromatic heterocycles. The van der Waals surface area contributed by atoms with Crippen LogP contribution in [0.5, 0.6) is 5.75 Å². The fourth-order valence-electron chi connectivity index (χ4n) is 1.16. The summed E-state index contributed by atoms with van der Waals surface area (Å²) in [5, 5.41) is 9.23. The van der Waals surface area contributed by atoms with E-state index in [1.54, 1.807) is 0 Å². The van der Waals surface area contributed by atoms with Crippen LogP contribution in [0.15, 0.2) is 18.2 Å². The lowest BCUT2D eigenvalue weighted by molar-refractivity contribution is 0.162. The molecule has 0 aliphatic rings. The fraction of sp³-hybridized carbons (Fsp3) is 0.400. The quantitative estimate of drug-likeness (QED) is 0.769. The number of ether oxygens (including phenoxy) is 1. The van der Waals surface area contributed by atoms with Gasteiger partial charge in [-0.3, -0.25) is 0 Å². The average Bonchev–Trinajstić information content (AvgIpc) is 2.17. The SMILES string of the molecule is COc1ccc(F)c([C@H](N)C(C)O)c1. The zero-order valence-electron chi connectivity index (χ0n) is 8.20. The molecule has 3 N–H and O–H groups in total. The summed E-state index contributed by atoms with van der Waals surface area (Å²) in [6.07, 6.45) is -0.795. The molecule has 1 aromatic carbocycles. The molecule has 0 aliphatic heterocycles. The molecule has 1 rings (SSSR count). The van der Waals surface area contributed by atoms with Gasteiger partial charge in [-0.1, -0.05) is 0 Å². The molecule has 78 valence electrons. The molecule has 0 radical (unpaired) electrons. The molecule has 4 heteroatoms. The van der Waals surface area contributed by atoms with E-state index in [1.165, 1.54) is 32.2 Å². The summed E-state index contributed by atoms with van der Waals surface area (Å²) in [6.45, 7) is 1.52. The number of hydrogen-bond acceptors (Lipinski definition) is 3. The van der Waals surface area contributed by atoms with Crippen LogP contribution >= 0.6 is 0 Å². The molecule has 0 fully saturated rings. The van der Waals surface area contributed by atoms with Gasteiger partial charge in [0.15, 0.2) is 0 Å². The normalized spacial score (nSPS) is 14.9. The Morgan fingerprint density at radius 2 is 2.14 bits per heavy atom. The first-order valence-electron chi connectivity index (χ1n) is 4.33. The second-order valence-corrected chi connectivity index (χ2v) is 3.15. The first kappa shape index (κ1) is 10.9. The number of methoxy groups -OCH3 is 1. The Hall–Kier alpha value is -1.13. The number of hydrogen-bond donors (Lipinski definition) is 2. The summed E-state index contributed by atoms with van der Waals surface area (Å²) in [4.78, 5) is 0. The van der Waals surface area contributed by atoms with Crippen molar-refractivity contribution in [3.63, 3.8) is 0 Å². The summed E-state index contributed by atoms with van der Waals surface area (Å²) < 4.78 is 18.2. The first-order chi connectivity index (χ1) is 6.56. The molecule has 3 nitrogen and oxygen atoms in total. The number of nitrogens with two attached hydrogens (primary N) is 1. The summed E-state index contributed by atoms with van der Waals surface area (Å²) in [5.41, 5.74) is 5.88. The molecule has 0 amide bonds. The zero-order chi connectivity index (χ0) is 10.7. The second kappa shape index (κ2) is 4.39. The van der Waals surface area contributed by atoms with E-state index in [0.717, 1.165) is 0 Å². The molecule has 0 saturated carbocycles. The first-order valence-corrected chi connectivity index (χ1v) is 4.33. The Bertz CT molecular complexity index is 315. The van der Waals surface area contributed by atoms with Crippen LogP contribution in [0, 0.1) is 5.82 Å². The van der Waals surface area contributed by atoms with Crippen LogP contribution in [0.4, 0.5) is 4.39 Å². The van der Waals surface area contributed by atoms with Crippen LogP contribution in [0.2, 0.25) is 0 Å². The molecule has 0 heterocycles. The van der Waals surface area contributed by atoms with E-state index in [9.17, 15) is 9.50 Å². The third kappa shape index (κ3) is 2.21. The maximum absolute atomic E-state index is 13.3. The third-order valence-electron chi connectivity index (χ3n) is 2.08. The lowest BCUT2D eigenvalue weighted by Crippen LogP contribution is -2.24. The van der Waals surface area contributed by atoms with Gasteiger partial charge in [0.05, 0.1) is 19.3 Å². The maximum atomic E-state index is 13.3. The standard InChI is InChI=1S/C10H14FNO2/c1-6(13)10(12)8-5-7(14-2)3-4-9(8)11/h3-6,10,13H,12H2,1-2H3/t6?,10-/m1/s1. The van der Waals surface area contributed by atoms with Gasteiger partial charge in [-0.15, -0.1) is 0 Å². The van der Waals surface area contributed by atoms with Gasteiger partial charge in [0, 0.05) is 5.56 Å². The Labute approximate surface area is 82.3 Å². The van der Waals surface area contributed by atoms with E-state index in [1.807, 2.05) is 0 Å². The van der Waals surface area contributed by atoms with Crippen molar-refractivity contribution in [1.82, 2.24) is 0 Å². The van der Waals surface area contributed by atoms with Crippen molar-refractivity contribution in [2.75, 3.05) is 7.11 Å². The summed E-state index contributed by atoms with van der Waals surface area (Å²) in [7, 11) is 1.49. The van der Waals surface area contributed by atoms with Gasteiger partial charge in [-0.2, -0.15) is 0 Å². The van der Waals surface area contributed by atoms with Crippen molar-refractivity contribution in [2.24, 2.45) is 5.73 Å². The predicted octanol–water partition coefficient (Wildman–Crippen LogP) is 1.21. The van der Waals surface area contributed by atoms with E-state index < -0.39 is 18.0 Å². The lowest BCUT2D eigenvalue weighted by Gasteiger charge is -2.16. The number of benzene rings is 1. The van der Waals surface area contributed by atoms with Crippen molar-refractivity contribution < 1.29 is 14.2 Å². The molecule has 2 atom stereocenters. The minimum atomic E-state index is -0.795. The van der Waals surface area contributed by atoms with Gasteiger partial charge in [0.1, 0.15) is 11.6 Å². The van der Waals surface area contributed by atoms with E-state index in [-0.39, 0.29) is 5.56 Å². The zero-order valence-corrected chi connectivity index (χ0v) is 8.20. The molecular formula is C10H14FNO2. The molecule has 1 aromatic rings. The Kier molecular flexibility index (Phi) is 3.43. The monoisotopic (exact) mass is 199 g/mol. The molecule has 0 bridgehead atoms. The Morgan fingerprint density at radius 1 is 1.50 bits per heavy atom. The molecule has 0 spiro atoms. The van der Waals surface area contributed by atoms with Gasteiger partial charge in [-0.05, 0) is 25.1 Å². The van der Waals surface area contributed by atoms with E-state index >= 15 is 0 Å².